The molecular formula is C18H16Br2N4O5S. The molecule has 158 valence electrons. The van der Waals surface area contributed by atoms with Crippen LogP contribution in [0.4, 0.5) is 17.1 Å². The molecule has 3 rings (SSSR count). The fourth-order valence-electron chi connectivity index (χ4n) is 2.87. The highest BCUT2D eigenvalue weighted by atomic mass is 79.9. The molecule has 3 N–H and O–H groups in total. The van der Waals surface area contributed by atoms with Crippen LogP contribution in [0.5, 0.6) is 5.75 Å². The van der Waals surface area contributed by atoms with Gasteiger partial charge in [-0.05, 0) is 62.3 Å². The summed E-state index contributed by atoms with van der Waals surface area (Å²) in [6.07, 6.45) is 0. The van der Waals surface area contributed by atoms with Gasteiger partial charge in [0.2, 0.25) is 0 Å². The maximum atomic E-state index is 12.9. The lowest BCUT2D eigenvalue weighted by Crippen LogP contribution is -2.39. The fourth-order valence-corrected chi connectivity index (χ4v) is 4.27. The van der Waals surface area contributed by atoms with Gasteiger partial charge in [-0.1, -0.05) is 0 Å². The SMILES string of the molecule is O=C(NC(=S)Nc1cc(Br)c(O)c(Br)c1)c1cc([N+](=O)[O-])ccc1N1CCOCC1. The first-order valence-corrected chi connectivity index (χ1v) is 10.7. The van der Waals surface area contributed by atoms with Crippen LogP contribution in [-0.2, 0) is 4.74 Å². The lowest BCUT2D eigenvalue weighted by Gasteiger charge is -2.30. The number of aromatic hydroxyl groups is 1. The van der Waals surface area contributed by atoms with E-state index >= 15 is 0 Å². The maximum Gasteiger partial charge on any atom is 0.270 e. The average molecular weight is 560 g/mol. The topological polar surface area (TPSA) is 117 Å². The van der Waals surface area contributed by atoms with Gasteiger partial charge in [0.15, 0.2) is 5.11 Å². The van der Waals surface area contributed by atoms with E-state index in [1.807, 2.05) is 4.90 Å². The van der Waals surface area contributed by atoms with E-state index in [1.165, 1.54) is 12.1 Å². The lowest BCUT2D eigenvalue weighted by atomic mass is 10.1. The molecule has 2 aromatic rings. The van der Waals surface area contributed by atoms with E-state index in [1.54, 1.807) is 18.2 Å². The number of ether oxygens (including phenoxy) is 1. The number of benzene rings is 2. The minimum absolute atomic E-state index is 0.00363. The number of halogens is 2. The lowest BCUT2D eigenvalue weighted by molar-refractivity contribution is -0.384. The van der Waals surface area contributed by atoms with Crippen molar-refractivity contribution >= 4 is 72.2 Å². The summed E-state index contributed by atoms with van der Waals surface area (Å²) in [6, 6.07) is 7.33. The normalized spacial score (nSPS) is 13.6. The number of nitro benzene ring substituents is 1. The van der Waals surface area contributed by atoms with Crippen molar-refractivity contribution in [2.75, 3.05) is 36.5 Å². The summed E-state index contributed by atoms with van der Waals surface area (Å²) in [5.41, 5.74) is 1.04. The number of phenolic OH excluding ortho intramolecular Hbond substituents is 1. The smallest absolute Gasteiger partial charge is 0.270 e. The Hall–Kier alpha value is -2.28. The summed E-state index contributed by atoms with van der Waals surface area (Å²) in [5, 5.41) is 26.4. The van der Waals surface area contributed by atoms with Crippen LogP contribution in [0.2, 0.25) is 0 Å². The van der Waals surface area contributed by atoms with E-state index < -0.39 is 10.8 Å². The van der Waals surface area contributed by atoms with Crippen LogP contribution in [0, 0.1) is 10.1 Å². The number of nitrogens with zero attached hydrogens (tertiary/aromatic N) is 2. The summed E-state index contributed by atoms with van der Waals surface area (Å²) >= 11 is 11.7. The Balaban J connectivity index is 1.81. The highest BCUT2D eigenvalue weighted by Crippen LogP contribution is 2.35. The zero-order valence-electron chi connectivity index (χ0n) is 15.4. The number of hydrogen-bond donors (Lipinski definition) is 3. The molecule has 12 heteroatoms. The molecule has 0 aliphatic carbocycles. The molecule has 1 heterocycles. The molecule has 0 spiro atoms. The number of anilines is 2. The van der Waals surface area contributed by atoms with E-state index in [0.29, 0.717) is 46.6 Å². The molecule has 30 heavy (non-hydrogen) atoms. The van der Waals surface area contributed by atoms with Crippen LogP contribution in [-0.4, -0.2) is 47.4 Å². The Bertz CT molecular complexity index is 991. The first kappa shape index (κ1) is 22.4. The van der Waals surface area contributed by atoms with Gasteiger partial charge < -0.3 is 20.1 Å². The Morgan fingerprint density at radius 1 is 1.20 bits per heavy atom. The van der Waals surface area contributed by atoms with Crippen LogP contribution >= 0.6 is 44.1 Å². The number of nitro groups is 1. The molecule has 1 amide bonds. The number of morpholine rings is 1. The number of carbonyl (C=O) groups excluding carboxylic acids is 1. The van der Waals surface area contributed by atoms with Gasteiger partial charge in [0.25, 0.3) is 11.6 Å². The van der Waals surface area contributed by atoms with E-state index in [9.17, 15) is 20.0 Å². The fraction of sp³-hybridized carbons (Fsp3) is 0.222. The average Bonchev–Trinajstić information content (AvgIpc) is 2.72. The van der Waals surface area contributed by atoms with E-state index in [4.69, 9.17) is 17.0 Å². The van der Waals surface area contributed by atoms with Crippen molar-refractivity contribution in [2.24, 2.45) is 0 Å². The second-order valence-corrected chi connectivity index (χ2v) is 8.37. The molecule has 0 radical (unpaired) electrons. The Kier molecular flexibility index (Phi) is 7.23. The monoisotopic (exact) mass is 558 g/mol. The molecule has 9 nitrogen and oxygen atoms in total. The van der Waals surface area contributed by atoms with Crippen LogP contribution in [0.1, 0.15) is 10.4 Å². The minimum atomic E-state index is -0.574. The molecule has 0 aromatic heterocycles. The molecule has 1 saturated heterocycles. The van der Waals surface area contributed by atoms with Gasteiger partial charge in [-0.15, -0.1) is 0 Å². The van der Waals surface area contributed by atoms with Crippen molar-refractivity contribution in [1.29, 1.82) is 0 Å². The highest BCUT2D eigenvalue weighted by molar-refractivity contribution is 9.11. The van der Waals surface area contributed by atoms with Gasteiger partial charge in [0.1, 0.15) is 5.75 Å². The van der Waals surface area contributed by atoms with Gasteiger partial charge >= 0.3 is 0 Å². The van der Waals surface area contributed by atoms with Crippen LogP contribution < -0.4 is 15.5 Å². The minimum Gasteiger partial charge on any atom is -0.506 e. The van der Waals surface area contributed by atoms with Gasteiger partial charge in [-0.25, -0.2) is 0 Å². The van der Waals surface area contributed by atoms with E-state index in [-0.39, 0.29) is 22.1 Å². The highest BCUT2D eigenvalue weighted by Gasteiger charge is 2.22. The molecule has 0 atom stereocenters. The van der Waals surface area contributed by atoms with Gasteiger partial charge in [0.05, 0.1) is 38.3 Å². The quantitative estimate of drug-likeness (QED) is 0.224. The van der Waals surface area contributed by atoms with E-state index in [0.717, 1.165) is 0 Å². The number of non-ortho nitro benzene ring substituents is 1. The van der Waals surface area contributed by atoms with Crippen molar-refractivity contribution in [3.63, 3.8) is 0 Å². The van der Waals surface area contributed by atoms with Gasteiger partial charge in [-0.3, -0.25) is 20.2 Å². The maximum absolute atomic E-state index is 12.9. The molecule has 1 aliphatic rings. The number of phenols is 1. The molecule has 0 unspecified atom stereocenters. The van der Waals surface area contributed by atoms with Crippen molar-refractivity contribution in [3.05, 3.63) is 55.0 Å². The zero-order chi connectivity index (χ0) is 21.8. The third-order valence-electron chi connectivity index (χ3n) is 4.29. The van der Waals surface area contributed by atoms with E-state index in [2.05, 4.69) is 42.5 Å². The first-order chi connectivity index (χ1) is 14.3. The largest absolute Gasteiger partial charge is 0.506 e. The summed E-state index contributed by atoms with van der Waals surface area (Å²) in [5.74, 6) is -0.545. The zero-order valence-corrected chi connectivity index (χ0v) is 19.3. The third-order valence-corrected chi connectivity index (χ3v) is 5.70. The van der Waals surface area contributed by atoms with Gasteiger partial charge in [0, 0.05) is 30.9 Å². The van der Waals surface area contributed by atoms with Crippen molar-refractivity contribution in [3.8, 4) is 5.75 Å². The first-order valence-electron chi connectivity index (χ1n) is 8.67. The Labute approximate surface area is 193 Å². The number of carbonyl (C=O) groups is 1. The molecule has 1 fully saturated rings. The number of hydrogen-bond acceptors (Lipinski definition) is 7. The van der Waals surface area contributed by atoms with Crippen LogP contribution in [0.25, 0.3) is 0 Å². The van der Waals surface area contributed by atoms with Crippen molar-refractivity contribution < 1.29 is 19.6 Å². The van der Waals surface area contributed by atoms with Crippen molar-refractivity contribution in [2.45, 2.75) is 0 Å². The third kappa shape index (κ3) is 5.25. The standard InChI is InChI=1S/C18H16Br2N4O5S/c19-13-7-10(8-14(20)16(13)25)21-18(30)22-17(26)12-9-11(24(27)28)1-2-15(12)23-3-5-29-6-4-23/h1-2,7-9,25H,3-6H2,(H2,21,22,26,30). The summed E-state index contributed by atoms with van der Waals surface area (Å²) in [6.45, 7) is 2.14. The molecule has 0 bridgehead atoms. The second-order valence-electron chi connectivity index (χ2n) is 6.25. The van der Waals surface area contributed by atoms with Gasteiger partial charge in [-0.2, -0.15) is 0 Å². The molecule has 1 aliphatic heterocycles. The Morgan fingerprint density at radius 2 is 1.83 bits per heavy atom. The summed E-state index contributed by atoms with van der Waals surface area (Å²) in [4.78, 5) is 25.5. The Morgan fingerprint density at radius 3 is 2.43 bits per heavy atom. The molecule has 2 aromatic carbocycles. The summed E-state index contributed by atoms with van der Waals surface area (Å²) in [7, 11) is 0. The number of rotatable bonds is 4. The predicted molar refractivity (Wildman–Crippen MR) is 123 cm³/mol. The predicted octanol–water partition coefficient (Wildman–Crippen LogP) is 3.79. The molecule has 0 saturated carbocycles. The molecular weight excluding hydrogens is 544 g/mol. The van der Waals surface area contributed by atoms with Crippen LogP contribution in [0.15, 0.2) is 39.3 Å². The number of amides is 1. The number of nitrogens with one attached hydrogen (secondary N) is 2. The van der Waals surface area contributed by atoms with Crippen molar-refractivity contribution in [1.82, 2.24) is 5.32 Å². The summed E-state index contributed by atoms with van der Waals surface area (Å²) < 4.78 is 6.20. The number of thiocarbonyl (C=S) groups is 1. The van der Waals surface area contributed by atoms with Crippen LogP contribution in [0.3, 0.4) is 0 Å². The second kappa shape index (κ2) is 9.69.